The Labute approximate surface area is 244 Å². The van der Waals surface area contributed by atoms with Gasteiger partial charge in [-0.3, -0.25) is 0 Å². The number of rotatable bonds is 10. The van der Waals surface area contributed by atoms with Crippen LogP contribution >= 0.6 is 0 Å². The van der Waals surface area contributed by atoms with Crippen LogP contribution in [0.25, 0.3) is 0 Å². The first-order valence-corrected chi connectivity index (χ1v) is 15.0. The maximum atomic E-state index is 10.3. The molecule has 240 valence electrons. The van der Waals surface area contributed by atoms with E-state index in [1.807, 2.05) is 27.7 Å². The molecule has 12 nitrogen and oxygen atoms in total. The molecular weight excluding hydrogens is 540 g/mol. The van der Waals surface area contributed by atoms with Crippen LogP contribution in [0, 0.1) is 0 Å². The highest BCUT2D eigenvalue weighted by molar-refractivity contribution is 4.90. The average molecular weight is 593 g/mol. The van der Waals surface area contributed by atoms with Crippen LogP contribution in [0.4, 0.5) is 0 Å². The van der Waals surface area contributed by atoms with Gasteiger partial charge in [0, 0.05) is 54.1 Å². The lowest BCUT2D eigenvalue weighted by atomic mass is 9.98. The molecule has 4 aliphatic heterocycles. The molecular formula is C29H52O12. The van der Waals surface area contributed by atoms with Crippen LogP contribution in [0.3, 0.4) is 0 Å². The van der Waals surface area contributed by atoms with E-state index >= 15 is 0 Å². The lowest BCUT2D eigenvalue weighted by Crippen LogP contribution is -2.57. The van der Waals surface area contributed by atoms with Gasteiger partial charge in [0.15, 0.2) is 18.9 Å². The molecule has 4 rings (SSSR count). The van der Waals surface area contributed by atoms with Crippen LogP contribution in [0.5, 0.6) is 0 Å². The molecule has 0 radical (unpaired) electrons. The van der Waals surface area contributed by atoms with Crippen molar-refractivity contribution in [3.8, 4) is 0 Å². The van der Waals surface area contributed by atoms with Crippen molar-refractivity contribution in [2.24, 2.45) is 0 Å². The van der Waals surface area contributed by atoms with Crippen molar-refractivity contribution in [2.45, 2.75) is 159 Å². The molecule has 16 unspecified atom stereocenters. The standard InChI is InChI=1S/C29H52O12/c1-14-10-20(32-7)27(16(3)35-14)40-24-12-22(34-9)29(18(5)37-24)41-25-13-21(33-8)28(17(4)38-25)39-23-11-19(31-6)26(30)15(2)36-23/h14-30H,10-13H2,1-9H3. The van der Waals surface area contributed by atoms with Crippen molar-refractivity contribution < 1.29 is 57.2 Å². The zero-order valence-corrected chi connectivity index (χ0v) is 26.0. The van der Waals surface area contributed by atoms with Crippen molar-refractivity contribution in [3.05, 3.63) is 0 Å². The summed E-state index contributed by atoms with van der Waals surface area (Å²) in [4.78, 5) is 0. The Morgan fingerprint density at radius 1 is 0.463 bits per heavy atom. The van der Waals surface area contributed by atoms with E-state index in [0.717, 1.165) is 6.42 Å². The molecule has 4 saturated heterocycles. The van der Waals surface area contributed by atoms with E-state index in [1.54, 1.807) is 35.4 Å². The zero-order chi connectivity index (χ0) is 29.8. The first-order valence-electron chi connectivity index (χ1n) is 15.0. The maximum absolute atomic E-state index is 10.3. The minimum atomic E-state index is -0.709. The van der Waals surface area contributed by atoms with E-state index in [2.05, 4.69) is 0 Å². The lowest BCUT2D eigenvalue weighted by Gasteiger charge is -2.46. The van der Waals surface area contributed by atoms with Crippen molar-refractivity contribution >= 4 is 0 Å². The lowest BCUT2D eigenvalue weighted by molar-refractivity contribution is -0.342. The van der Waals surface area contributed by atoms with Gasteiger partial charge in [-0.2, -0.15) is 0 Å². The number of methoxy groups -OCH3 is 4. The smallest absolute Gasteiger partial charge is 0.161 e. The Balaban J connectivity index is 1.33. The van der Waals surface area contributed by atoms with Gasteiger partial charge in [0.1, 0.15) is 24.4 Å². The first-order chi connectivity index (χ1) is 19.6. The molecule has 0 amide bonds. The molecule has 0 bridgehead atoms. The minimum absolute atomic E-state index is 0.0754. The quantitative estimate of drug-likeness (QED) is 0.400. The largest absolute Gasteiger partial charge is 0.388 e. The molecule has 0 aromatic heterocycles. The van der Waals surface area contributed by atoms with Gasteiger partial charge in [-0.05, 0) is 34.6 Å². The number of hydrogen-bond acceptors (Lipinski definition) is 12. The van der Waals surface area contributed by atoms with Gasteiger partial charge < -0.3 is 57.2 Å². The summed E-state index contributed by atoms with van der Waals surface area (Å²) >= 11 is 0. The summed E-state index contributed by atoms with van der Waals surface area (Å²) in [5.41, 5.74) is 0. The van der Waals surface area contributed by atoms with E-state index in [-0.39, 0.29) is 61.0 Å². The maximum Gasteiger partial charge on any atom is 0.161 e. The summed E-state index contributed by atoms with van der Waals surface area (Å²) in [6, 6.07) is 0. The summed E-state index contributed by atoms with van der Waals surface area (Å²) in [7, 11) is 6.60. The molecule has 4 aliphatic rings. The summed E-state index contributed by atoms with van der Waals surface area (Å²) in [5, 5.41) is 10.3. The second-order valence-corrected chi connectivity index (χ2v) is 11.8. The van der Waals surface area contributed by atoms with E-state index < -0.39 is 37.2 Å². The fourth-order valence-electron chi connectivity index (χ4n) is 6.58. The van der Waals surface area contributed by atoms with Crippen molar-refractivity contribution in [1.82, 2.24) is 0 Å². The fourth-order valence-corrected chi connectivity index (χ4v) is 6.58. The van der Waals surface area contributed by atoms with Gasteiger partial charge in [0.05, 0.1) is 54.9 Å². The highest BCUT2D eigenvalue weighted by atomic mass is 16.7. The van der Waals surface area contributed by atoms with Gasteiger partial charge >= 0.3 is 0 Å². The molecule has 0 saturated carbocycles. The number of aliphatic hydroxyl groups is 1. The van der Waals surface area contributed by atoms with Crippen molar-refractivity contribution in [3.63, 3.8) is 0 Å². The molecule has 12 heteroatoms. The average Bonchev–Trinajstić information content (AvgIpc) is 2.94. The van der Waals surface area contributed by atoms with Gasteiger partial charge in [-0.25, -0.2) is 0 Å². The van der Waals surface area contributed by atoms with Gasteiger partial charge in [-0.1, -0.05) is 0 Å². The molecule has 4 heterocycles. The Morgan fingerprint density at radius 2 is 0.805 bits per heavy atom. The summed E-state index contributed by atoms with van der Waals surface area (Å²) in [6.45, 7) is 9.74. The van der Waals surface area contributed by atoms with Crippen molar-refractivity contribution in [2.75, 3.05) is 28.4 Å². The van der Waals surface area contributed by atoms with Crippen LogP contribution in [0.1, 0.15) is 60.3 Å². The van der Waals surface area contributed by atoms with E-state index in [0.29, 0.717) is 19.3 Å². The number of hydrogen-bond donors (Lipinski definition) is 1. The molecule has 0 aromatic carbocycles. The number of aliphatic hydroxyl groups excluding tert-OH is 1. The Morgan fingerprint density at radius 3 is 1.22 bits per heavy atom. The zero-order valence-electron chi connectivity index (χ0n) is 26.0. The van der Waals surface area contributed by atoms with E-state index in [1.165, 1.54) is 0 Å². The molecule has 4 fully saturated rings. The van der Waals surface area contributed by atoms with E-state index in [4.69, 9.17) is 52.1 Å². The summed E-state index contributed by atoms with van der Waals surface area (Å²) in [6.07, 6.45) is -3.30. The van der Waals surface area contributed by atoms with Crippen LogP contribution < -0.4 is 0 Å². The van der Waals surface area contributed by atoms with Crippen LogP contribution in [-0.2, 0) is 52.1 Å². The molecule has 16 atom stereocenters. The van der Waals surface area contributed by atoms with E-state index in [9.17, 15) is 5.11 Å². The first kappa shape index (κ1) is 33.4. The monoisotopic (exact) mass is 592 g/mol. The normalized spacial score (nSPS) is 49.6. The SMILES string of the molecule is COC1CC(OC2C(C)OC(OC3C(C)OC(OC4C(C)OC(C)CC4OC)CC3OC)CC2OC)OC(C)C1O. The molecule has 0 aliphatic carbocycles. The topological polar surface area (TPSA) is 122 Å². The predicted molar refractivity (Wildman–Crippen MR) is 145 cm³/mol. The van der Waals surface area contributed by atoms with Crippen LogP contribution in [0.15, 0.2) is 0 Å². The van der Waals surface area contributed by atoms with Gasteiger partial charge in [-0.15, -0.1) is 0 Å². The van der Waals surface area contributed by atoms with Crippen LogP contribution in [0.2, 0.25) is 0 Å². The summed E-state index contributed by atoms with van der Waals surface area (Å²) < 4.78 is 66.5. The predicted octanol–water partition coefficient (Wildman–Crippen LogP) is 2.16. The molecule has 0 spiro atoms. The number of ether oxygens (including phenoxy) is 11. The second kappa shape index (κ2) is 15.0. The third-order valence-electron chi connectivity index (χ3n) is 8.87. The summed E-state index contributed by atoms with van der Waals surface area (Å²) in [5.74, 6) is 0. The van der Waals surface area contributed by atoms with Gasteiger partial charge in [0.25, 0.3) is 0 Å². The van der Waals surface area contributed by atoms with Gasteiger partial charge in [0.2, 0.25) is 0 Å². The Kier molecular flexibility index (Phi) is 12.2. The Hall–Kier alpha value is -0.480. The second-order valence-electron chi connectivity index (χ2n) is 11.8. The van der Waals surface area contributed by atoms with Crippen LogP contribution in [-0.4, -0.2) is 132 Å². The highest BCUT2D eigenvalue weighted by Gasteiger charge is 2.47. The third-order valence-corrected chi connectivity index (χ3v) is 8.87. The molecule has 0 aromatic rings. The third kappa shape index (κ3) is 7.98. The fraction of sp³-hybridized carbons (Fsp3) is 1.00. The van der Waals surface area contributed by atoms with Crippen molar-refractivity contribution in [1.29, 1.82) is 0 Å². The Bertz CT molecular complexity index is 789. The minimum Gasteiger partial charge on any atom is -0.388 e. The molecule has 1 N–H and O–H groups in total. The molecule has 41 heavy (non-hydrogen) atoms. The highest BCUT2D eigenvalue weighted by Crippen LogP contribution is 2.35.